The second-order valence-electron chi connectivity index (χ2n) is 5.73. The van der Waals surface area contributed by atoms with Crippen LogP contribution in [0.25, 0.3) is 0 Å². The fraction of sp³-hybridized carbons (Fsp3) is 0.500. The Hall–Kier alpha value is -2.76. The molecule has 2 rings (SSSR count). The Morgan fingerprint density at radius 1 is 1.37 bits per heavy atom. The van der Waals surface area contributed by atoms with Crippen LogP contribution in [0.2, 0.25) is 0 Å². The maximum Gasteiger partial charge on any atom is 0.335 e. The minimum Gasteiger partial charge on any atom is -0.467 e. The van der Waals surface area contributed by atoms with Gasteiger partial charge in [-0.25, -0.2) is 9.68 Å². The normalized spacial score (nSPS) is 22.0. The molecular weight excluding hydrogens is 366 g/mol. The average Bonchev–Trinajstić information content (AvgIpc) is 2.61. The van der Waals surface area contributed by atoms with Crippen molar-refractivity contribution in [3.63, 3.8) is 0 Å². The maximum absolute atomic E-state index is 11.8. The number of esters is 2. The highest BCUT2D eigenvalue weighted by Gasteiger charge is 2.38. The summed E-state index contributed by atoms with van der Waals surface area (Å²) in [5.74, 6) is -1.33. The molecule has 0 aliphatic carbocycles. The molecule has 0 amide bonds. The lowest BCUT2D eigenvalue weighted by atomic mass is 10.0. The summed E-state index contributed by atoms with van der Waals surface area (Å²) in [6.45, 7) is 0.991. The molecule has 3 unspecified atom stereocenters. The summed E-state index contributed by atoms with van der Waals surface area (Å²) in [7, 11) is 1.18. The molecule has 148 valence electrons. The topological polar surface area (TPSA) is 144 Å². The molecule has 0 radical (unpaired) electrons. The molecule has 1 heterocycles. The summed E-state index contributed by atoms with van der Waals surface area (Å²) in [6, 6.07) is 3.96. The number of benzene rings is 1. The fourth-order valence-corrected chi connectivity index (χ4v) is 2.65. The van der Waals surface area contributed by atoms with E-state index < -0.39 is 35.4 Å². The predicted molar refractivity (Wildman–Crippen MR) is 86.6 cm³/mol. The molecule has 27 heavy (non-hydrogen) atoms. The van der Waals surface area contributed by atoms with Crippen LogP contribution in [0.3, 0.4) is 0 Å². The monoisotopic (exact) mass is 385 g/mol. The fourth-order valence-electron chi connectivity index (χ4n) is 2.65. The molecule has 11 heteroatoms. The molecule has 3 atom stereocenters. The molecule has 11 nitrogen and oxygen atoms in total. The molecule has 0 saturated carbocycles. The second-order valence-corrected chi connectivity index (χ2v) is 5.73. The first-order valence-electron chi connectivity index (χ1n) is 7.94. The van der Waals surface area contributed by atoms with Crippen LogP contribution in [0.4, 0.5) is 5.69 Å². The summed E-state index contributed by atoms with van der Waals surface area (Å²) in [5.41, 5.74) is -0.0243. The highest BCUT2D eigenvalue weighted by molar-refractivity contribution is 5.74. The van der Waals surface area contributed by atoms with Crippen molar-refractivity contribution in [2.24, 2.45) is 0 Å². The first kappa shape index (κ1) is 20.6. The SMILES string of the molecule is COC(=O)C1CC(OC(C)=O)CC(Oc2ccc(COO)cc2[N+](=O)[O-])O1. The van der Waals surface area contributed by atoms with E-state index in [0.717, 1.165) is 0 Å². The van der Waals surface area contributed by atoms with Crippen LogP contribution in [0.15, 0.2) is 18.2 Å². The van der Waals surface area contributed by atoms with Crippen LogP contribution in [-0.4, -0.2) is 47.7 Å². The third-order valence-corrected chi connectivity index (χ3v) is 3.75. The van der Waals surface area contributed by atoms with Gasteiger partial charge in [0, 0.05) is 25.8 Å². The average molecular weight is 385 g/mol. The van der Waals surface area contributed by atoms with Gasteiger partial charge in [0.15, 0.2) is 11.9 Å². The summed E-state index contributed by atoms with van der Waals surface area (Å²) in [4.78, 5) is 37.6. The molecule has 1 aromatic rings. The van der Waals surface area contributed by atoms with Gasteiger partial charge in [-0.1, -0.05) is 6.07 Å². The van der Waals surface area contributed by atoms with Crippen molar-refractivity contribution < 1.29 is 43.6 Å². The number of nitrogens with zero attached hydrogens (tertiary/aromatic N) is 1. The largest absolute Gasteiger partial charge is 0.467 e. The van der Waals surface area contributed by atoms with Crippen molar-refractivity contribution in [1.29, 1.82) is 0 Å². The van der Waals surface area contributed by atoms with E-state index in [2.05, 4.69) is 9.62 Å². The standard InChI is InChI=1S/C16H19NO10/c1-9(18)25-11-6-14(16(19)23-2)27-15(7-11)26-13-4-3-10(8-24-22)5-12(13)17(20)21/h3-5,11,14-15,22H,6-8H2,1-2H3. The quantitative estimate of drug-likeness (QED) is 0.318. The van der Waals surface area contributed by atoms with Crippen molar-refractivity contribution in [3.05, 3.63) is 33.9 Å². The molecule has 1 aliphatic rings. The summed E-state index contributed by atoms with van der Waals surface area (Å²) in [5, 5.41) is 19.8. The van der Waals surface area contributed by atoms with E-state index in [1.165, 1.54) is 32.2 Å². The minimum atomic E-state index is -1.08. The molecule has 0 spiro atoms. The van der Waals surface area contributed by atoms with Crippen LogP contribution >= 0.6 is 0 Å². The van der Waals surface area contributed by atoms with Gasteiger partial charge < -0.3 is 18.9 Å². The summed E-state index contributed by atoms with van der Waals surface area (Å²) in [6.07, 6.45) is -2.64. The lowest BCUT2D eigenvalue weighted by Gasteiger charge is -2.33. The van der Waals surface area contributed by atoms with Gasteiger partial charge in [-0.05, 0) is 11.6 Å². The van der Waals surface area contributed by atoms with Crippen LogP contribution < -0.4 is 4.74 Å². The van der Waals surface area contributed by atoms with E-state index >= 15 is 0 Å². The Morgan fingerprint density at radius 3 is 2.70 bits per heavy atom. The highest BCUT2D eigenvalue weighted by atomic mass is 17.1. The van der Waals surface area contributed by atoms with Crippen LogP contribution in [0.1, 0.15) is 25.3 Å². The molecule has 1 aromatic carbocycles. The van der Waals surface area contributed by atoms with E-state index in [1.807, 2.05) is 0 Å². The first-order chi connectivity index (χ1) is 12.8. The van der Waals surface area contributed by atoms with E-state index in [0.29, 0.717) is 5.56 Å². The number of nitro benzene ring substituents is 1. The maximum atomic E-state index is 11.8. The number of nitro groups is 1. The van der Waals surface area contributed by atoms with Gasteiger partial charge in [-0.15, -0.1) is 0 Å². The number of carbonyl (C=O) groups excluding carboxylic acids is 2. The van der Waals surface area contributed by atoms with Crippen molar-refractivity contribution in [2.45, 2.75) is 44.9 Å². The molecule has 0 bridgehead atoms. The number of hydrogen-bond acceptors (Lipinski definition) is 10. The number of hydrogen-bond donors (Lipinski definition) is 1. The number of rotatable bonds is 7. The molecule has 1 fully saturated rings. The smallest absolute Gasteiger partial charge is 0.335 e. The molecule has 0 aromatic heterocycles. The zero-order valence-electron chi connectivity index (χ0n) is 14.7. The summed E-state index contributed by atoms with van der Waals surface area (Å²) >= 11 is 0. The lowest BCUT2D eigenvalue weighted by molar-refractivity contribution is -0.386. The third-order valence-electron chi connectivity index (χ3n) is 3.75. The zero-order valence-corrected chi connectivity index (χ0v) is 14.7. The Bertz CT molecular complexity index is 706. The minimum absolute atomic E-state index is 0.0751. The van der Waals surface area contributed by atoms with Gasteiger partial charge in [-0.3, -0.25) is 20.2 Å². The Morgan fingerprint density at radius 2 is 2.11 bits per heavy atom. The molecular formula is C16H19NO10. The van der Waals surface area contributed by atoms with Gasteiger partial charge in [0.25, 0.3) is 0 Å². The Balaban J connectivity index is 2.21. The van der Waals surface area contributed by atoms with Crippen LogP contribution in [-0.2, 0) is 35.3 Å². The number of ether oxygens (including phenoxy) is 4. The van der Waals surface area contributed by atoms with Crippen molar-refractivity contribution in [2.75, 3.05) is 7.11 Å². The van der Waals surface area contributed by atoms with E-state index in [9.17, 15) is 19.7 Å². The molecule has 1 N–H and O–H groups in total. The van der Waals surface area contributed by atoms with Gasteiger partial charge >= 0.3 is 17.6 Å². The van der Waals surface area contributed by atoms with E-state index in [-0.39, 0.29) is 30.9 Å². The van der Waals surface area contributed by atoms with Crippen molar-refractivity contribution >= 4 is 17.6 Å². The van der Waals surface area contributed by atoms with E-state index in [1.54, 1.807) is 0 Å². The van der Waals surface area contributed by atoms with Gasteiger partial charge in [0.2, 0.25) is 6.29 Å². The Kier molecular flexibility index (Phi) is 7.05. The number of methoxy groups -OCH3 is 1. The van der Waals surface area contributed by atoms with Crippen LogP contribution in [0.5, 0.6) is 5.75 Å². The van der Waals surface area contributed by atoms with Crippen LogP contribution in [0, 0.1) is 10.1 Å². The summed E-state index contributed by atoms with van der Waals surface area (Å²) < 4.78 is 20.8. The molecule has 1 aliphatic heterocycles. The van der Waals surface area contributed by atoms with E-state index in [4.69, 9.17) is 19.5 Å². The lowest BCUT2D eigenvalue weighted by Crippen LogP contribution is -2.44. The van der Waals surface area contributed by atoms with Gasteiger partial charge in [0.1, 0.15) is 12.7 Å². The number of carbonyl (C=O) groups is 2. The molecule has 1 saturated heterocycles. The van der Waals surface area contributed by atoms with Crippen molar-refractivity contribution in [3.8, 4) is 5.75 Å². The Labute approximate surface area is 153 Å². The second kappa shape index (κ2) is 9.26. The first-order valence-corrected chi connectivity index (χ1v) is 7.94. The predicted octanol–water partition coefficient (Wildman–Crippen LogP) is 1.57. The third kappa shape index (κ3) is 5.61. The van der Waals surface area contributed by atoms with Gasteiger partial charge in [0.05, 0.1) is 12.0 Å². The van der Waals surface area contributed by atoms with Gasteiger partial charge in [-0.2, -0.15) is 0 Å². The van der Waals surface area contributed by atoms with Crippen molar-refractivity contribution in [1.82, 2.24) is 0 Å². The highest BCUT2D eigenvalue weighted by Crippen LogP contribution is 2.32. The zero-order chi connectivity index (χ0) is 20.0.